The molecule has 0 aromatic heterocycles. The Bertz CT molecular complexity index is 891. The van der Waals surface area contributed by atoms with E-state index in [2.05, 4.69) is 15.9 Å². The van der Waals surface area contributed by atoms with Crippen LogP contribution in [-0.2, 0) is 11.3 Å². The quantitative estimate of drug-likeness (QED) is 0.493. The number of benzene rings is 2. The smallest absolute Gasteiger partial charge is 0.287 e. The third-order valence-corrected chi connectivity index (χ3v) is 5.01. The number of carbonyl (C=O) groups is 1. The third kappa shape index (κ3) is 3.44. The predicted octanol–water partition coefficient (Wildman–Crippen LogP) is 4.98. The number of fused-ring (bicyclic) bond motifs is 1. The van der Waals surface area contributed by atoms with E-state index in [-0.39, 0.29) is 28.4 Å². The minimum atomic E-state index is -0.772. The van der Waals surface area contributed by atoms with E-state index < -0.39 is 11.0 Å². The fourth-order valence-electron chi connectivity index (χ4n) is 2.55. The molecule has 1 heterocycles. The van der Waals surface area contributed by atoms with Gasteiger partial charge in [0.25, 0.3) is 11.6 Å². The van der Waals surface area contributed by atoms with Crippen molar-refractivity contribution in [3.8, 4) is 5.75 Å². The molecule has 25 heavy (non-hydrogen) atoms. The molecule has 130 valence electrons. The highest BCUT2D eigenvalue weighted by Gasteiger charge is 2.34. The van der Waals surface area contributed by atoms with Gasteiger partial charge in [-0.15, -0.1) is 0 Å². The first-order valence-corrected chi connectivity index (χ1v) is 8.72. The van der Waals surface area contributed by atoms with E-state index in [1.165, 1.54) is 17.0 Å². The molecule has 0 saturated carbocycles. The zero-order chi connectivity index (χ0) is 18.3. The number of ether oxygens (including phenoxy) is 1. The van der Waals surface area contributed by atoms with Gasteiger partial charge in [-0.3, -0.25) is 14.9 Å². The lowest BCUT2D eigenvalue weighted by atomic mass is 10.1. The Kier molecular flexibility index (Phi) is 4.90. The van der Waals surface area contributed by atoms with Crippen LogP contribution in [0.2, 0.25) is 10.0 Å². The zero-order valence-corrected chi connectivity index (χ0v) is 15.9. The number of anilines is 1. The summed E-state index contributed by atoms with van der Waals surface area (Å²) in [6.45, 7) is 1.76. The van der Waals surface area contributed by atoms with E-state index in [9.17, 15) is 14.9 Å². The van der Waals surface area contributed by atoms with Crippen molar-refractivity contribution in [1.82, 2.24) is 0 Å². The summed E-state index contributed by atoms with van der Waals surface area (Å²) >= 11 is 15.4. The van der Waals surface area contributed by atoms with Gasteiger partial charge >= 0.3 is 0 Å². The van der Waals surface area contributed by atoms with Crippen LogP contribution in [-0.4, -0.2) is 16.9 Å². The molecule has 0 fully saturated rings. The van der Waals surface area contributed by atoms with Gasteiger partial charge in [0.05, 0.1) is 27.7 Å². The van der Waals surface area contributed by atoms with Gasteiger partial charge in [0, 0.05) is 10.0 Å². The molecule has 0 N–H and O–H groups in total. The minimum Gasteiger partial charge on any atom is -0.478 e. The summed E-state index contributed by atoms with van der Waals surface area (Å²) in [7, 11) is 0. The molecular weight excluding hydrogens is 435 g/mol. The van der Waals surface area contributed by atoms with Crippen LogP contribution in [0, 0.1) is 10.1 Å². The summed E-state index contributed by atoms with van der Waals surface area (Å²) in [5.74, 6) is -0.00977. The number of hydrogen-bond donors (Lipinski definition) is 0. The topological polar surface area (TPSA) is 72.7 Å². The van der Waals surface area contributed by atoms with E-state index in [4.69, 9.17) is 27.9 Å². The number of nitro groups is 1. The van der Waals surface area contributed by atoms with Crippen molar-refractivity contribution < 1.29 is 14.5 Å². The van der Waals surface area contributed by atoms with Gasteiger partial charge in [0.15, 0.2) is 11.9 Å². The van der Waals surface area contributed by atoms with E-state index in [1.54, 1.807) is 25.1 Å². The van der Waals surface area contributed by atoms with Crippen LogP contribution in [0.5, 0.6) is 5.75 Å². The molecule has 1 atom stereocenters. The number of rotatable bonds is 3. The molecule has 2 aromatic rings. The van der Waals surface area contributed by atoms with Crippen LogP contribution in [0.25, 0.3) is 0 Å². The molecule has 1 aliphatic heterocycles. The molecule has 3 rings (SSSR count). The van der Waals surface area contributed by atoms with Crippen LogP contribution in [0.4, 0.5) is 11.4 Å². The van der Waals surface area contributed by atoms with Gasteiger partial charge < -0.3 is 9.64 Å². The summed E-state index contributed by atoms with van der Waals surface area (Å²) in [6, 6.07) is 7.79. The Balaban J connectivity index is 2.08. The highest BCUT2D eigenvalue weighted by molar-refractivity contribution is 9.10. The molecule has 0 saturated heterocycles. The molecule has 0 spiro atoms. The van der Waals surface area contributed by atoms with Crippen molar-refractivity contribution in [1.29, 1.82) is 0 Å². The SMILES string of the molecule is C[C@H]1Oc2cc([N+](=O)[O-])c(Br)cc2N(Cc2cc(Cl)ccc2Cl)C1=O. The molecule has 2 aromatic carbocycles. The highest BCUT2D eigenvalue weighted by Crippen LogP contribution is 2.42. The fourth-order valence-corrected chi connectivity index (χ4v) is 3.40. The second kappa shape index (κ2) is 6.82. The Morgan fingerprint density at radius 3 is 2.72 bits per heavy atom. The van der Waals surface area contributed by atoms with Gasteiger partial charge in [0.1, 0.15) is 0 Å². The molecule has 9 heteroatoms. The first-order valence-electron chi connectivity index (χ1n) is 7.18. The summed E-state index contributed by atoms with van der Waals surface area (Å²) in [4.78, 5) is 24.7. The summed E-state index contributed by atoms with van der Waals surface area (Å²) in [6.07, 6.45) is -0.772. The number of amides is 1. The monoisotopic (exact) mass is 444 g/mol. The Hall–Kier alpha value is -1.83. The Labute approximate surface area is 161 Å². The average Bonchev–Trinajstić information content (AvgIpc) is 2.55. The van der Waals surface area contributed by atoms with Crippen molar-refractivity contribution >= 4 is 56.4 Å². The van der Waals surface area contributed by atoms with Crippen LogP contribution in [0.1, 0.15) is 12.5 Å². The number of carbonyl (C=O) groups excluding carboxylic acids is 1. The number of hydrogen-bond acceptors (Lipinski definition) is 4. The van der Waals surface area contributed by atoms with E-state index in [1.807, 2.05) is 0 Å². The van der Waals surface area contributed by atoms with Gasteiger partial charge in [-0.05, 0) is 52.7 Å². The van der Waals surface area contributed by atoms with Crippen LogP contribution in [0.15, 0.2) is 34.8 Å². The maximum atomic E-state index is 12.6. The number of nitro benzene ring substituents is 1. The molecular formula is C16H11BrCl2N2O4. The lowest BCUT2D eigenvalue weighted by Gasteiger charge is -2.33. The molecule has 1 aliphatic rings. The van der Waals surface area contributed by atoms with Crippen molar-refractivity contribution in [2.24, 2.45) is 0 Å². The zero-order valence-electron chi connectivity index (χ0n) is 12.8. The van der Waals surface area contributed by atoms with Gasteiger partial charge in [-0.25, -0.2) is 0 Å². The molecule has 0 bridgehead atoms. The maximum Gasteiger partial charge on any atom is 0.287 e. The summed E-state index contributed by atoms with van der Waals surface area (Å²) in [5.41, 5.74) is 0.953. The van der Waals surface area contributed by atoms with Crippen LogP contribution >= 0.6 is 39.1 Å². The summed E-state index contributed by atoms with van der Waals surface area (Å²) < 4.78 is 5.79. The number of halogens is 3. The van der Waals surface area contributed by atoms with Crippen molar-refractivity contribution in [2.45, 2.75) is 19.6 Å². The lowest BCUT2D eigenvalue weighted by Crippen LogP contribution is -2.44. The predicted molar refractivity (Wildman–Crippen MR) is 98.5 cm³/mol. The Morgan fingerprint density at radius 2 is 2.04 bits per heavy atom. The Morgan fingerprint density at radius 1 is 1.32 bits per heavy atom. The van der Waals surface area contributed by atoms with E-state index in [0.717, 1.165) is 0 Å². The van der Waals surface area contributed by atoms with Gasteiger partial charge in [-0.1, -0.05) is 23.2 Å². The standard InChI is InChI=1S/C16H11BrCl2N2O4/c1-8-16(22)20(7-9-4-10(18)2-3-12(9)19)14-5-11(17)13(21(23)24)6-15(14)25-8/h2-6,8H,7H2,1H3/t8-/m1/s1. The normalized spacial score (nSPS) is 16.4. The second-order valence-electron chi connectivity index (χ2n) is 5.45. The fraction of sp³-hybridized carbons (Fsp3) is 0.188. The first-order chi connectivity index (χ1) is 11.8. The van der Waals surface area contributed by atoms with Crippen molar-refractivity contribution in [2.75, 3.05) is 4.90 Å². The second-order valence-corrected chi connectivity index (χ2v) is 7.15. The molecule has 0 unspecified atom stereocenters. The largest absolute Gasteiger partial charge is 0.478 e. The average molecular weight is 446 g/mol. The molecule has 1 amide bonds. The van der Waals surface area contributed by atoms with E-state index in [0.29, 0.717) is 21.3 Å². The summed E-state index contributed by atoms with van der Waals surface area (Å²) in [5, 5.41) is 12.1. The molecule has 6 nitrogen and oxygen atoms in total. The minimum absolute atomic E-state index is 0.138. The maximum absolute atomic E-state index is 12.6. The van der Waals surface area contributed by atoms with E-state index >= 15 is 0 Å². The first kappa shape index (κ1) is 18.0. The molecule has 0 radical (unpaired) electrons. The lowest BCUT2D eigenvalue weighted by molar-refractivity contribution is -0.385. The molecule has 0 aliphatic carbocycles. The third-order valence-electron chi connectivity index (χ3n) is 3.77. The highest BCUT2D eigenvalue weighted by atomic mass is 79.9. The van der Waals surface area contributed by atoms with Gasteiger partial charge in [-0.2, -0.15) is 0 Å². The van der Waals surface area contributed by atoms with Crippen molar-refractivity contribution in [3.05, 3.63) is 60.5 Å². The van der Waals surface area contributed by atoms with Crippen molar-refractivity contribution in [3.63, 3.8) is 0 Å². The van der Waals surface area contributed by atoms with Crippen LogP contribution < -0.4 is 9.64 Å². The van der Waals surface area contributed by atoms with Crippen LogP contribution in [0.3, 0.4) is 0 Å². The number of nitrogens with zero attached hydrogens (tertiary/aromatic N) is 2. The van der Waals surface area contributed by atoms with Gasteiger partial charge in [0.2, 0.25) is 0 Å².